The van der Waals surface area contributed by atoms with Crippen molar-refractivity contribution in [3.05, 3.63) is 63.4 Å². The first kappa shape index (κ1) is 13.2. The van der Waals surface area contributed by atoms with Gasteiger partial charge < -0.3 is 13.9 Å². The third kappa shape index (κ3) is 2.33. The van der Waals surface area contributed by atoms with Gasteiger partial charge >= 0.3 is 5.63 Å². The monoisotopic (exact) mass is 284 g/mol. The summed E-state index contributed by atoms with van der Waals surface area (Å²) < 4.78 is 15.4. The number of ether oxygens (including phenoxy) is 2. The molecule has 2 aromatic rings. The highest BCUT2D eigenvalue weighted by atomic mass is 16.5. The van der Waals surface area contributed by atoms with Crippen molar-refractivity contribution in [2.75, 3.05) is 7.11 Å². The first-order valence-corrected chi connectivity index (χ1v) is 6.31. The van der Waals surface area contributed by atoms with Crippen molar-refractivity contribution >= 4 is 11.9 Å². The highest BCUT2D eigenvalue weighted by Gasteiger charge is 2.31. The summed E-state index contributed by atoms with van der Waals surface area (Å²) in [6, 6.07) is 8.66. The number of allylic oxidation sites excluding steroid dienone is 1. The molecule has 1 aromatic heterocycles. The summed E-state index contributed by atoms with van der Waals surface area (Å²) >= 11 is 0. The molecule has 0 unspecified atom stereocenters. The molecule has 1 aliphatic heterocycles. The summed E-state index contributed by atoms with van der Waals surface area (Å²) in [7, 11) is 1.58. The number of hydrogen-bond donors (Lipinski definition) is 0. The Morgan fingerprint density at radius 2 is 1.86 bits per heavy atom. The van der Waals surface area contributed by atoms with Crippen LogP contribution in [0.5, 0.6) is 11.5 Å². The zero-order valence-corrected chi connectivity index (χ0v) is 11.5. The first-order chi connectivity index (χ1) is 10.1. The molecular weight excluding hydrogens is 272 g/mol. The molecule has 5 nitrogen and oxygen atoms in total. The number of hydrogen-bond acceptors (Lipinski definition) is 5. The van der Waals surface area contributed by atoms with Crippen molar-refractivity contribution in [2.24, 2.45) is 0 Å². The van der Waals surface area contributed by atoms with Crippen LogP contribution in [-0.2, 0) is 0 Å². The number of Topliss-reactive ketones (excluding diaryl/α,β-unsaturated/α-hetero) is 1. The van der Waals surface area contributed by atoms with Crippen LogP contribution in [0.3, 0.4) is 0 Å². The molecule has 0 spiro atoms. The Morgan fingerprint density at radius 3 is 2.52 bits per heavy atom. The summed E-state index contributed by atoms with van der Waals surface area (Å²) in [5.74, 6) is 1.00. The Kier molecular flexibility index (Phi) is 3.10. The van der Waals surface area contributed by atoms with Crippen LogP contribution in [0.4, 0.5) is 0 Å². The molecular formula is C16H12O5. The summed E-state index contributed by atoms with van der Waals surface area (Å²) in [5, 5.41) is 0. The number of ketones is 1. The minimum Gasteiger partial charge on any atom is -0.497 e. The second-order valence-corrected chi connectivity index (χ2v) is 4.60. The number of aryl methyl sites for hydroxylation is 1. The lowest BCUT2D eigenvalue weighted by Gasteiger charge is -2.01. The molecule has 1 aliphatic rings. The van der Waals surface area contributed by atoms with Gasteiger partial charge in [0.25, 0.3) is 0 Å². The molecule has 0 saturated heterocycles. The molecule has 5 heteroatoms. The normalized spacial score (nSPS) is 15.0. The Hall–Kier alpha value is -2.82. The van der Waals surface area contributed by atoms with E-state index < -0.39 is 11.4 Å². The maximum atomic E-state index is 12.2. The standard InChI is InChI=1S/C16H12O5/c1-9-7-12-14(16(18)20-9)15(17)13(21-12)8-10-3-5-11(19-2)6-4-10/h3-8H,1-2H3/b13-8-. The SMILES string of the molecule is COc1ccc(/C=C2\Oc3cc(C)oc(=O)c3C2=O)cc1. The van der Waals surface area contributed by atoms with E-state index in [0.717, 1.165) is 11.3 Å². The molecule has 0 radical (unpaired) electrons. The minimum atomic E-state index is -0.673. The Labute approximate surface area is 120 Å². The van der Waals surface area contributed by atoms with Gasteiger partial charge in [0.15, 0.2) is 11.3 Å². The molecule has 106 valence electrons. The second-order valence-electron chi connectivity index (χ2n) is 4.60. The first-order valence-electron chi connectivity index (χ1n) is 6.31. The molecule has 0 amide bonds. The number of benzene rings is 1. The number of carbonyl (C=O) groups is 1. The van der Waals surface area contributed by atoms with E-state index in [4.69, 9.17) is 13.9 Å². The van der Waals surface area contributed by atoms with Crippen molar-refractivity contribution in [3.8, 4) is 11.5 Å². The van der Waals surface area contributed by atoms with Crippen molar-refractivity contribution < 1.29 is 18.7 Å². The Morgan fingerprint density at radius 1 is 1.14 bits per heavy atom. The number of rotatable bonds is 2. The Bertz CT molecular complexity index is 796. The van der Waals surface area contributed by atoms with Gasteiger partial charge in [-0.25, -0.2) is 4.79 Å². The van der Waals surface area contributed by atoms with Crippen LogP contribution in [0.1, 0.15) is 21.7 Å². The van der Waals surface area contributed by atoms with Gasteiger partial charge in [-0.15, -0.1) is 0 Å². The predicted octanol–water partition coefficient (Wildman–Crippen LogP) is 2.57. The molecule has 0 bridgehead atoms. The highest BCUT2D eigenvalue weighted by molar-refractivity contribution is 6.14. The van der Waals surface area contributed by atoms with Crippen LogP contribution in [-0.4, -0.2) is 12.9 Å². The lowest BCUT2D eigenvalue weighted by molar-refractivity contribution is 0.101. The largest absolute Gasteiger partial charge is 0.497 e. The van der Waals surface area contributed by atoms with Crippen LogP contribution in [0.2, 0.25) is 0 Å². The smallest absolute Gasteiger partial charge is 0.351 e. The highest BCUT2D eigenvalue weighted by Crippen LogP contribution is 2.30. The summed E-state index contributed by atoms with van der Waals surface area (Å²) in [6.45, 7) is 1.63. The van der Waals surface area contributed by atoms with Crippen molar-refractivity contribution in [1.29, 1.82) is 0 Å². The third-order valence-electron chi connectivity index (χ3n) is 3.12. The van der Waals surface area contributed by atoms with Crippen LogP contribution in [0, 0.1) is 6.92 Å². The van der Waals surface area contributed by atoms with E-state index in [9.17, 15) is 9.59 Å². The lowest BCUT2D eigenvalue weighted by Crippen LogP contribution is -2.10. The molecule has 0 atom stereocenters. The van der Waals surface area contributed by atoms with E-state index in [0.29, 0.717) is 5.76 Å². The molecule has 0 saturated carbocycles. The van der Waals surface area contributed by atoms with Gasteiger partial charge in [0, 0.05) is 6.07 Å². The zero-order valence-electron chi connectivity index (χ0n) is 11.5. The fourth-order valence-electron chi connectivity index (χ4n) is 2.10. The molecule has 0 N–H and O–H groups in total. The summed E-state index contributed by atoms with van der Waals surface area (Å²) in [4.78, 5) is 23.9. The fraction of sp³-hybridized carbons (Fsp3) is 0.125. The van der Waals surface area contributed by atoms with Crippen LogP contribution in [0.15, 0.2) is 45.3 Å². The van der Waals surface area contributed by atoms with E-state index in [1.54, 1.807) is 44.4 Å². The molecule has 0 aliphatic carbocycles. The van der Waals surface area contributed by atoms with Gasteiger partial charge in [-0.3, -0.25) is 4.79 Å². The zero-order chi connectivity index (χ0) is 15.0. The average molecular weight is 284 g/mol. The van der Waals surface area contributed by atoms with Gasteiger partial charge in [0.1, 0.15) is 17.3 Å². The van der Waals surface area contributed by atoms with Gasteiger partial charge in [0.05, 0.1) is 7.11 Å². The van der Waals surface area contributed by atoms with E-state index >= 15 is 0 Å². The average Bonchev–Trinajstić information content (AvgIpc) is 2.76. The van der Waals surface area contributed by atoms with E-state index in [2.05, 4.69) is 0 Å². The molecule has 1 aromatic carbocycles. The quantitative estimate of drug-likeness (QED) is 0.793. The molecule has 3 rings (SSSR count). The van der Waals surface area contributed by atoms with Gasteiger partial charge in [-0.05, 0) is 30.7 Å². The third-order valence-corrected chi connectivity index (χ3v) is 3.12. The molecule has 2 heterocycles. The fourth-order valence-corrected chi connectivity index (χ4v) is 2.10. The number of fused-ring (bicyclic) bond motifs is 1. The van der Waals surface area contributed by atoms with E-state index in [1.165, 1.54) is 6.07 Å². The molecule has 21 heavy (non-hydrogen) atoms. The van der Waals surface area contributed by atoms with Crippen LogP contribution >= 0.6 is 0 Å². The van der Waals surface area contributed by atoms with Gasteiger partial charge in [-0.1, -0.05) is 12.1 Å². The lowest BCUT2D eigenvalue weighted by atomic mass is 10.1. The maximum Gasteiger partial charge on any atom is 0.351 e. The number of carbonyl (C=O) groups excluding carboxylic acids is 1. The Balaban J connectivity index is 1.98. The van der Waals surface area contributed by atoms with Gasteiger partial charge in [-0.2, -0.15) is 0 Å². The van der Waals surface area contributed by atoms with E-state index in [-0.39, 0.29) is 17.1 Å². The van der Waals surface area contributed by atoms with Crippen molar-refractivity contribution in [1.82, 2.24) is 0 Å². The number of methoxy groups -OCH3 is 1. The van der Waals surface area contributed by atoms with Crippen molar-refractivity contribution in [3.63, 3.8) is 0 Å². The summed E-state index contributed by atoms with van der Waals surface area (Å²) in [5.41, 5.74) is 0.0431. The predicted molar refractivity (Wildman–Crippen MR) is 75.6 cm³/mol. The minimum absolute atomic E-state index is 0.0552. The van der Waals surface area contributed by atoms with Crippen molar-refractivity contribution in [2.45, 2.75) is 6.92 Å². The second kappa shape index (κ2) is 4.94. The van der Waals surface area contributed by atoms with Crippen LogP contribution in [0.25, 0.3) is 6.08 Å². The maximum absolute atomic E-state index is 12.2. The topological polar surface area (TPSA) is 65.7 Å². The summed E-state index contributed by atoms with van der Waals surface area (Å²) in [6.07, 6.45) is 1.58. The van der Waals surface area contributed by atoms with E-state index in [1.807, 2.05) is 0 Å². The van der Waals surface area contributed by atoms with Gasteiger partial charge in [0.2, 0.25) is 5.78 Å². The van der Waals surface area contributed by atoms with Crippen LogP contribution < -0.4 is 15.1 Å². The molecule has 0 fully saturated rings.